The van der Waals surface area contributed by atoms with Crippen LogP contribution in [-0.4, -0.2) is 28.2 Å². The molecule has 0 aliphatic carbocycles. The molecule has 1 N–H and O–H groups in total. The van der Waals surface area contributed by atoms with Gasteiger partial charge in [0.05, 0.1) is 6.61 Å². The van der Waals surface area contributed by atoms with Crippen molar-refractivity contribution in [2.24, 2.45) is 11.8 Å². The zero-order chi connectivity index (χ0) is 13.8. The van der Waals surface area contributed by atoms with Crippen molar-refractivity contribution in [3.05, 3.63) is 17.5 Å². The lowest BCUT2D eigenvalue weighted by Gasteiger charge is -2.22. The summed E-state index contributed by atoms with van der Waals surface area (Å²) in [5, 5.41) is 9.17. The summed E-state index contributed by atoms with van der Waals surface area (Å²) in [7, 11) is 0. The number of anilines is 1. The van der Waals surface area contributed by atoms with Gasteiger partial charge in [-0.15, -0.1) is 0 Å². The third-order valence-electron chi connectivity index (χ3n) is 4.24. The monoisotopic (exact) mass is 263 g/mol. The normalized spacial score (nSPS) is 20.7. The molecule has 1 fully saturated rings. The standard InChI is InChI=1S/C15H25N3O/c1-11(2)13-5-4-7-18(8-6-13)15-16-9-14(10-19)12(3)17-15/h9,11,13,19H,4-8,10H2,1-3H3. The van der Waals surface area contributed by atoms with Crippen LogP contribution in [0.4, 0.5) is 5.95 Å². The number of aryl methyl sites for hydroxylation is 1. The van der Waals surface area contributed by atoms with E-state index in [2.05, 4.69) is 28.7 Å². The summed E-state index contributed by atoms with van der Waals surface area (Å²) in [4.78, 5) is 11.2. The second kappa shape index (κ2) is 6.33. The van der Waals surface area contributed by atoms with E-state index in [9.17, 15) is 0 Å². The van der Waals surface area contributed by atoms with Crippen molar-refractivity contribution in [1.29, 1.82) is 0 Å². The summed E-state index contributed by atoms with van der Waals surface area (Å²) in [5.74, 6) is 2.40. The zero-order valence-electron chi connectivity index (χ0n) is 12.3. The average Bonchev–Trinajstić information content (AvgIpc) is 2.64. The highest BCUT2D eigenvalue weighted by Gasteiger charge is 2.21. The van der Waals surface area contributed by atoms with E-state index < -0.39 is 0 Å². The maximum Gasteiger partial charge on any atom is 0.225 e. The van der Waals surface area contributed by atoms with Crippen molar-refractivity contribution in [3.63, 3.8) is 0 Å². The lowest BCUT2D eigenvalue weighted by Crippen LogP contribution is -2.27. The van der Waals surface area contributed by atoms with E-state index >= 15 is 0 Å². The summed E-state index contributed by atoms with van der Waals surface area (Å²) in [6.45, 7) is 8.67. The van der Waals surface area contributed by atoms with Crippen molar-refractivity contribution in [1.82, 2.24) is 9.97 Å². The van der Waals surface area contributed by atoms with E-state index in [0.29, 0.717) is 0 Å². The summed E-state index contributed by atoms with van der Waals surface area (Å²) >= 11 is 0. The number of aliphatic hydroxyl groups is 1. The topological polar surface area (TPSA) is 49.2 Å². The molecule has 1 aliphatic heterocycles. The van der Waals surface area contributed by atoms with E-state index in [4.69, 9.17) is 5.11 Å². The van der Waals surface area contributed by atoms with Crippen molar-refractivity contribution < 1.29 is 5.11 Å². The molecule has 0 spiro atoms. The average molecular weight is 263 g/mol. The largest absolute Gasteiger partial charge is 0.392 e. The molecule has 0 bridgehead atoms. The zero-order valence-corrected chi connectivity index (χ0v) is 12.3. The van der Waals surface area contributed by atoms with Crippen LogP contribution in [0, 0.1) is 18.8 Å². The molecular formula is C15H25N3O. The molecule has 1 aromatic heterocycles. The SMILES string of the molecule is Cc1nc(N2CCCC(C(C)C)CC2)ncc1CO. The van der Waals surface area contributed by atoms with Gasteiger partial charge in [0.15, 0.2) is 0 Å². The Hall–Kier alpha value is -1.16. The highest BCUT2D eigenvalue weighted by molar-refractivity contribution is 5.32. The number of hydrogen-bond donors (Lipinski definition) is 1. The van der Waals surface area contributed by atoms with E-state index in [1.807, 2.05) is 6.92 Å². The van der Waals surface area contributed by atoms with Gasteiger partial charge < -0.3 is 10.0 Å². The van der Waals surface area contributed by atoms with Crippen molar-refractivity contribution in [3.8, 4) is 0 Å². The first-order valence-electron chi connectivity index (χ1n) is 7.30. The van der Waals surface area contributed by atoms with Gasteiger partial charge in [0.25, 0.3) is 0 Å². The minimum Gasteiger partial charge on any atom is -0.392 e. The van der Waals surface area contributed by atoms with Crippen LogP contribution in [-0.2, 0) is 6.61 Å². The van der Waals surface area contributed by atoms with Gasteiger partial charge in [-0.2, -0.15) is 0 Å². The first kappa shape index (κ1) is 14.3. The molecule has 0 amide bonds. The third-order valence-corrected chi connectivity index (χ3v) is 4.24. The predicted octanol–water partition coefficient (Wildman–Crippen LogP) is 2.54. The number of aromatic nitrogens is 2. The van der Waals surface area contributed by atoms with Crippen molar-refractivity contribution in [2.45, 2.75) is 46.6 Å². The highest BCUT2D eigenvalue weighted by Crippen LogP contribution is 2.26. The van der Waals surface area contributed by atoms with Gasteiger partial charge in [0.2, 0.25) is 5.95 Å². The van der Waals surface area contributed by atoms with Gasteiger partial charge in [0, 0.05) is 30.5 Å². The molecule has 106 valence electrons. The summed E-state index contributed by atoms with van der Waals surface area (Å²) in [5.41, 5.74) is 1.70. The number of nitrogens with zero attached hydrogens (tertiary/aromatic N) is 3. The number of hydrogen-bond acceptors (Lipinski definition) is 4. The molecule has 1 atom stereocenters. The summed E-state index contributed by atoms with van der Waals surface area (Å²) < 4.78 is 0. The Kier molecular flexibility index (Phi) is 4.75. The number of rotatable bonds is 3. The van der Waals surface area contributed by atoms with Crippen molar-refractivity contribution in [2.75, 3.05) is 18.0 Å². The highest BCUT2D eigenvalue weighted by atomic mass is 16.3. The van der Waals surface area contributed by atoms with Gasteiger partial charge >= 0.3 is 0 Å². The van der Waals surface area contributed by atoms with Crippen LogP contribution < -0.4 is 4.90 Å². The van der Waals surface area contributed by atoms with E-state index in [-0.39, 0.29) is 6.61 Å². The summed E-state index contributed by atoms with van der Waals surface area (Å²) in [6.07, 6.45) is 5.50. The fourth-order valence-electron chi connectivity index (χ4n) is 2.78. The van der Waals surface area contributed by atoms with Crippen LogP contribution >= 0.6 is 0 Å². The minimum atomic E-state index is 0.0154. The molecule has 2 rings (SSSR count). The molecule has 0 aromatic carbocycles. The molecular weight excluding hydrogens is 238 g/mol. The molecule has 2 heterocycles. The van der Waals surface area contributed by atoms with Crippen LogP contribution in [0.15, 0.2) is 6.20 Å². The van der Waals surface area contributed by atoms with Crippen LogP contribution in [0.3, 0.4) is 0 Å². The minimum absolute atomic E-state index is 0.0154. The van der Waals surface area contributed by atoms with Gasteiger partial charge in [-0.3, -0.25) is 0 Å². The molecule has 4 nitrogen and oxygen atoms in total. The third kappa shape index (κ3) is 3.44. The lowest BCUT2D eigenvalue weighted by atomic mass is 9.89. The summed E-state index contributed by atoms with van der Waals surface area (Å²) in [6, 6.07) is 0. The van der Waals surface area contributed by atoms with Gasteiger partial charge in [0.1, 0.15) is 0 Å². The Balaban J connectivity index is 2.08. The Morgan fingerprint density at radius 1 is 1.37 bits per heavy atom. The van der Waals surface area contributed by atoms with Gasteiger partial charge in [-0.25, -0.2) is 9.97 Å². The Bertz CT molecular complexity index is 420. The molecule has 19 heavy (non-hydrogen) atoms. The maximum absolute atomic E-state index is 9.17. The molecule has 1 saturated heterocycles. The van der Waals surface area contributed by atoms with Crippen molar-refractivity contribution >= 4 is 5.95 Å². The molecule has 1 unspecified atom stereocenters. The molecule has 0 saturated carbocycles. The maximum atomic E-state index is 9.17. The molecule has 0 radical (unpaired) electrons. The fourth-order valence-corrected chi connectivity index (χ4v) is 2.78. The second-order valence-corrected chi connectivity index (χ2v) is 5.86. The van der Waals surface area contributed by atoms with Crippen LogP contribution in [0.5, 0.6) is 0 Å². The number of aliphatic hydroxyl groups excluding tert-OH is 1. The lowest BCUT2D eigenvalue weighted by molar-refractivity contribution is 0.280. The Labute approximate surface area is 115 Å². The van der Waals surface area contributed by atoms with Gasteiger partial charge in [-0.05, 0) is 38.0 Å². The van der Waals surface area contributed by atoms with E-state index in [1.165, 1.54) is 19.3 Å². The van der Waals surface area contributed by atoms with E-state index in [0.717, 1.165) is 42.1 Å². The van der Waals surface area contributed by atoms with Crippen LogP contribution in [0.25, 0.3) is 0 Å². The molecule has 1 aromatic rings. The first-order valence-corrected chi connectivity index (χ1v) is 7.30. The smallest absolute Gasteiger partial charge is 0.225 e. The Morgan fingerprint density at radius 2 is 2.16 bits per heavy atom. The predicted molar refractivity (Wildman–Crippen MR) is 77.1 cm³/mol. The molecule has 4 heteroatoms. The quantitative estimate of drug-likeness (QED) is 0.910. The van der Waals surface area contributed by atoms with Gasteiger partial charge in [-0.1, -0.05) is 13.8 Å². The molecule has 1 aliphatic rings. The first-order chi connectivity index (χ1) is 9.11. The van der Waals surface area contributed by atoms with Crippen LogP contribution in [0.2, 0.25) is 0 Å². The fraction of sp³-hybridized carbons (Fsp3) is 0.733. The Morgan fingerprint density at radius 3 is 2.79 bits per heavy atom. The van der Waals surface area contributed by atoms with Crippen LogP contribution in [0.1, 0.15) is 44.4 Å². The van der Waals surface area contributed by atoms with E-state index in [1.54, 1.807) is 6.20 Å². The second-order valence-electron chi connectivity index (χ2n) is 5.86.